The number of carbonyl (C=O) groups is 1. The fourth-order valence-electron chi connectivity index (χ4n) is 3.38. The van der Waals surface area contributed by atoms with Crippen LogP contribution in [-0.2, 0) is 4.79 Å². The van der Waals surface area contributed by atoms with Crippen molar-refractivity contribution in [1.82, 2.24) is 15.1 Å². The van der Waals surface area contributed by atoms with E-state index in [0.717, 1.165) is 39.1 Å². The van der Waals surface area contributed by atoms with Crippen molar-refractivity contribution in [2.75, 3.05) is 39.8 Å². The minimum absolute atomic E-state index is 0. The van der Waals surface area contributed by atoms with E-state index in [1.807, 2.05) is 0 Å². The van der Waals surface area contributed by atoms with Crippen molar-refractivity contribution in [3.8, 4) is 0 Å². The molecule has 2 atom stereocenters. The van der Waals surface area contributed by atoms with Crippen molar-refractivity contribution in [2.45, 2.75) is 45.1 Å². The average molecular weight is 340 g/mol. The van der Waals surface area contributed by atoms with Gasteiger partial charge in [0.1, 0.15) is 0 Å². The van der Waals surface area contributed by atoms with Crippen LogP contribution >= 0.6 is 24.8 Å². The predicted molar refractivity (Wildman–Crippen MR) is 92.6 cm³/mol. The second-order valence-corrected chi connectivity index (χ2v) is 6.20. The number of hydrogen-bond donors (Lipinski definition) is 1. The molecule has 2 aliphatic rings. The van der Waals surface area contributed by atoms with Gasteiger partial charge in [-0.3, -0.25) is 4.79 Å². The summed E-state index contributed by atoms with van der Waals surface area (Å²) >= 11 is 0. The normalized spacial score (nSPS) is 25.4. The predicted octanol–water partition coefficient (Wildman–Crippen LogP) is 2.16. The molecule has 1 amide bonds. The summed E-state index contributed by atoms with van der Waals surface area (Å²) in [4.78, 5) is 16.9. The van der Waals surface area contributed by atoms with Crippen LogP contribution in [0.15, 0.2) is 0 Å². The van der Waals surface area contributed by atoms with E-state index in [2.05, 4.69) is 29.1 Å². The minimum atomic E-state index is 0. The van der Waals surface area contributed by atoms with E-state index < -0.39 is 0 Å². The number of nitrogens with zero attached hydrogens (tertiary/aromatic N) is 2. The summed E-state index contributed by atoms with van der Waals surface area (Å²) in [7, 11) is 2.19. The molecule has 0 bridgehead atoms. The Morgan fingerprint density at radius 3 is 2.67 bits per heavy atom. The van der Waals surface area contributed by atoms with Gasteiger partial charge in [0, 0.05) is 19.6 Å². The zero-order chi connectivity index (χ0) is 13.7. The highest BCUT2D eigenvalue weighted by Gasteiger charge is 2.31. The Bertz CT molecular complexity index is 299. The van der Waals surface area contributed by atoms with Crippen molar-refractivity contribution in [3.05, 3.63) is 0 Å². The van der Waals surface area contributed by atoms with Crippen LogP contribution in [0, 0.1) is 5.92 Å². The molecule has 6 heteroatoms. The average Bonchev–Trinajstić information content (AvgIpc) is 2.87. The van der Waals surface area contributed by atoms with Crippen molar-refractivity contribution in [3.63, 3.8) is 0 Å². The molecule has 0 radical (unpaired) electrons. The van der Waals surface area contributed by atoms with Gasteiger partial charge in [0.2, 0.25) is 5.91 Å². The second-order valence-electron chi connectivity index (χ2n) is 6.20. The fourth-order valence-corrected chi connectivity index (χ4v) is 3.38. The van der Waals surface area contributed by atoms with Gasteiger partial charge in [0.25, 0.3) is 0 Å². The van der Waals surface area contributed by atoms with Gasteiger partial charge in [-0.05, 0) is 51.7 Å². The van der Waals surface area contributed by atoms with Gasteiger partial charge >= 0.3 is 0 Å². The Morgan fingerprint density at radius 1 is 1.29 bits per heavy atom. The largest absolute Gasteiger partial charge is 0.341 e. The first-order valence-corrected chi connectivity index (χ1v) is 7.91. The lowest BCUT2D eigenvalue weighted by atomic mass is 10.0. The molecule has 2 heterocycles. The maximum Gasteiger partial charge on any atom is 0.239 e. The molecule has 2 aliphatic heterocycles. The molecule has 0 saturated carbocycles. The molecular formula is C15H31Cl2N3O. The molecule has 2 rings (SSSR count). The highest BCUT2D eigenvalue weighted by molar-refractivity contribution is 5.85. The number of rotatable bonds is 5. The fraction of sp³-hybridized carbons (Fsp3) is 0.933. The molecular weight excluding hydrogens is 309 g/mol. The molecule has 21 heavy (non-hydrogen) atoms. The van der Waals surface area contributed by atoms with Crippen LogP contribution in [0.4, 0.5) is 0 Å². The standard InChI is InChI=1S/C15H29N3O.2ClH/c1-3-9-17(2)11-13-7-10-18(12-13)15(19)14-6-4-5-8-16-14;;/h13-14,16H,3-12H2,1-2H3;2*1H/t13?,14-;;/m1../s1. The van der Waals surface area contributed by atoms with Crippen molar-refractivity contribution < 1.29 is 4.79 Å². The highest BCUT2D eigenvalue weighted by atomic mass is 35.5. The zero-order valence-electron chi connectivity index (χ0n) is 13.3. The Morgan fingerprint density at radius 2 is 2.05 bits per heavy atom. The van der Waals surface area contributed by atoms with Crippen LogP contribution in [0.25, 0.3) is 0 Å². The first kappa shape index (κ1) is 21.0. The van der Waals surface area contributed by atoms with Crippen LogP contribution in [0.1, 0.15) is 39.0 Å². The molecule has 1 unspecified atom stereocenters. The number of carbonyl (C=O) groups excluding carboxylic acids is 1. The molecule has 0 aromatic heterocycles. The molecule has 0 aromatic rings. The number of hydrogen-bond acceptors (Lipinski definition) is 3. The van der Waals surface area contributed by atoms with Crippen LogP contribution in [0.3, 0.4) is 0 Å². The SMILES string of the molecule is CCCN(C)CC1CCN(C(=O)[C@H]2CCCCN2)C1.Cl.Cl. The third-order valence-electron chi connectivity index (χ3n) is 4.38. The summed E-state index contributed by atoms with van der Waals surface area (Å²) in [5.41, 5.74) is 0. The van der Waals surface area contributed by atoms with E-state index in [0.29, 0.717) is 11.8 Å². The van der Waals surface area contributed by atoms with E-state index in [9.17, 15) is 4.79 Å². The number of likely N-dealkylation sites (tertiary alicyclic amines) is 1. The summed E-state index contributed by atoms with van der Waals surface area (Å²) in [6, 6.07) is 0.0980. The third kappa shape index (κ3) is 6.31. The minimum Gasteiger partial charge on any atom is -0.341 e. The van der Waals surface area contributed by atoms with Crippen LogP contribution in [0.2, 0.25) is 0 Å². The Hall–Kier alpha value is -0.0300. The summed E-state index contributed by atoms with van der Waals surface area (Å²) in [5.74, 6) is 1.02. The molecule has 2 saturated heterocycles. The maximum absolute atomic E-state index is 12.4. The molecule has 0 spiro atoms. The summed E-state index contributed by atoms with van der Waals surface area (Å²) < 4.78 is 0. The lowest BCUT2D eigenvalue weighted by Crippen LogP contribution is -2.48. The second kappa shape index (κ2) is 10.7. The van der Waals surface area contributed by atoms with Crippen LogP contribution in [-0.4, -0.2) is 61.5 Å². The molecule has 4 nitrogen and oxygen atoms in total. The number of halogens is 2. The van der Waals surface area contributed by atoms with E-state index >= 15 is 0 Å². The Kier molecular flexibility index (Phi) is 10.6. The van der Waals surface area contributed by atoms with Crippen molar-refractivity contribution in [2.24, 2.45) is 5.92 Å². The lowest BCUT2D eigenvalue weighted by molar-refractivity contribution is -0.133. The molecule has 0 aliphatic carbocycles. The van der Waals surface area contributed by atoms with Crippen molar-refractivity contribution in [1.29, 1.82) is 0 Å². The van der Waals surface area contributed by atoms with E-state index in [-0.39, 0.29) is 30.9 Å². The zero-order valence-corrected chi connectivity index (χ0v) is 15.0. The van der Waals surface area contributed by atoms with Gasteiger partial charge in [0.05, 0.1) is 6.04 Å². The summed E-state index contributed by atoms with van der Waals surface area (Å²) in [6.07, 6.45) is 5.81. The van der Waals surface area contributed by atoms with Gasteiger partial charge in [-0.15, -0.1) is 24.8 Å². The van der Waals surface area contributed by atoms with E-state index in [1.54, 1.807) is 0 Å². The van der Waals surface area contributed by atoms with Gasteiger partial charge in [-0.1, -0.05) is 13.3 Å². The summed E-state index contributed by atoms with van der Waals surface area (Å²) in [6.45, 7) is 7.44. The Balaban J connectivity index is 0.00000200. The number of amides is 1. The first-order chi connectivity index (χ1) is 9.20. The van der Waals surface area contributed by atoms with Gasteiger partial charge < -0.3 is 15.1 Å². The summed E-state index contributed by atoms with van der Waals surface area (Å²) in [5, 5.41) is 3.37. The Labute approximate surface area is 141 Å². The number of nitrogens with one attached hydrogen (secondary N) is 1. The maximum atomic E-state index is 12.4. The lowest BCUT2D eigenvalue weighted by Gasteiger charge is -2.27. The highest BCUT2D eigenvalue weighted by Crippen LogP contribution is 2.20. The molecule has 0 aromatic carbocycles. The first-order valence-electron chi connectivity index (χ1n) is 7.91. The van der Waals surface area contributed by atoms with Gasteiger partial charge in [-0.2, -0.15) is 0 Å². The van der Waals surface area contributed by atoms with E-state index in [4.69, 9.17) is 0 Å². The van der Waals surface area contributed by atoms with Gasteiger partial charge in [-0.25, -0.2) is 0 Å². The molecule has 1 N–H and O–H groups in total. The van der Waals surface area contributed by atoms with Crippen LogP contribution < -0.4 is 5.32 Å². The third-order valence-corrected chi connectivity index (χ3v) is 4.38. The monoisotopic (exact) mass is 339 g/mol. The van der Waals surface area contributed by atoms with E-state index in [1.165, 1.54) is 25.7 Å². The number of piperidine rings is 1. The molecule has 126 valence electrons. The quantitative estimate of drug-likeness (QED) is 0.833. The van der Waals surface area contributed by atoms with Crippen LogP contribution in [0.5, 0.6) is 0 Å². The van der Waals surface area contributed by atoms with Crippen molar-refractivity contribution >= 4 is 30.7 Å². The molecule has 2 fully saturated rings. The van der Waals surface area contributed by atoms with Gasteiger partial charge in [0.15, 0.2) is 0 Å². The smallest absolute Gasteiger partial charge is 0.239 e. The topological polar surface area (TPSA) is 35.6 Å².